The van der Waals surface area contributed by atoms with Crippen LogP contribution in [0.4, 0.5) is 0 Å². The van der Waals surface area contributed by atoms with E-state index in [-0.39, 0.29) is 17.7 Å². The second-order valence-corrected chi connectivity index (χ2v) is 7.61. The van der Waals surface area contributed by atoms with Gasteiger partial charge in [0.25, 0.3) is 5.91 Å². The lowest BCUT2D eigenvalue weighted by atomic mass is 10.1. The van der Waals surface area contributed by atoms with E-state index in [1.165, 1.54) is 14.2 Å². The lowest BCUT2D eigenvalue weighted by molar-refractivity contribution is 0.0785. The number of carbonyl (C=O) groups is 1. The van der Waals surface area contributed by atoms with Gasteiger partial charge in [-0.05, 0) is 37.1 Å². The predicted molar refractivity (Wildman–Crippen MR) is 115 cm³/mol. The molecule has 9 nitrogen and oxygen atoms in total. The van der Waals surface area contributed by atoms with Crippen molar-refractivity contribution >= 4 is 5.91 Å². The largest absolute Gasteiger partial charge is 0.493 e. The third-order valence-corrected chi connectivity index (χ3v) is 5.36. The van der Waals surface area contributed by atoms with Crippen LogP contribution in [0.2, 0.25) is 0 Å². The molecule has 3 heterocycles. The number of benzene rings is 1. The van der Waals surface area contributed by atoms with Gasteiger partial charge in [0.05, 0.1) is 26.7 Å². The lowest BCUT2D eigenvalue weighted by Gasteiger charge is -2.17. The van der Waals surface area contributed by atoms with Crippen LogP contribution in [0.15, 0.2) is 40.9 Å². The summed E-state index contributed by atoms with van der Waals surface area (Å²) in [5.41, 5.74) is 1.54. The second kappa shape index (κ2) is 9.67. The Morgan fingerprint density at radius 3 is 2.84 bits per heavy atom. The minimum atomic E-state index is -0.147. The minimum absolute atomic E-state index is 0.00454. The Labute approximate surface area is 186 Å². The van der Waals surface area contributed by atoms with Crippen LogP contribution < -0.4 is 14.2 Å². The Morgan fingerprint density at radius 1 is 1.19 bits per heavy atom. The van der Waals surface area contributed by atoms with Gasteiger partial charge in [-0.25, -0.2) is 0 Å². The number of amides is 1. The molecular weight excluding hydrogens is 412 g/mol. The van der Waals surface area contributed by atoms with Gasteiger partial charge in [-0.15, -0.1) is 0 Å². The van der Waals surface area contributed by atoms with Gasteiger partial charge in [0.15, 0.2) is 5.82 Å². The van der Waals surface area contributed by atoms with Gasteiger partial charge in [0.2, 0.25) is 17.7 Å². The van der Waals surface area contributed by atoms with Crippen molar-refractivity contribution in [3.8, 4) is 17.5 Å². The molecule has 9 heteroatoms. The topological polar surface area (TPSA) is 99.8 Å². The second-order valence-electron chi connectivity index (χ2n) is 7.61. The van der Waals surface area contributed by atoms with Gasteiger partial charge in [-0.3, -0.25) is 4.79 Å². The maximum Gasteiger partial charge on any atom is 0.259 e. The summed E-state index contributed by atoms with van der Waals surface area (Å²) >= 11 is 0. The van der Waals surface area contributed by atoms with Crippen molar-refractivity contribution in [2.45, 2.75) is 25.7 Å². The zero-order valence-corrected chi connectivity index (χ0v) is 18.4. The van der Waals surface area contributed by atoms with E-state index in [1.54, 1.807) is 17.0 Å². The molecule has 1 amide bonds. The van der Waals surface area contributed by atoms with Crippen LogP contribution in [0.3, 0.4) is 0 Å². The maximum atomic E-state index is 13.0. The number of methoxy groups -OCH3 is 2. The Bertz CT molecular complexity index is 1080. The number of nitrogens with zero attached hydrogens (tertiary/aromatic N) is 4. The van der Waals surface area contributed by atoms with E-state index in [2.05, 4.69) is 15.1 Å². The number of pyridine rings is 1. The summed E-state index contributed by atoms with van der Waals surface area (Å²) < 4.78 is 21.6. The highest BCUT2D eigenvalue weighted by Crippen LogP contribution is 2.29. The summed E-state index contributed by atoms with van der Waals surface area (Å²) in [5, 5.41) is 4.07. The number of carbonyl (C=O) groups excluding carboxylic acids is 1. The summed E-state index contributed by atoms with van der Waals surface area (Å²) in [6, 6.07) is 11.2. The van der Waals surface area contributed by atoms with Gasteiger partial charge in [-0.1, -0.05) is 17.3 Å². The molecule has 2 aromatic heterocycles. The van der Waals surface area contributed by atoms with E-state index in [1.807, 2.05) is 31.2 Å². The molecule has 1 unspecified atom stereocenters. The van der Waals surface area contributed by atoms with E-state index in [0.717, 1.165) is 17.7 Å². The number of aryl methyl sites for hydroxylation is 1. The number of rotatable bonds is 8. The van der Waals surface area contributed by atoms with Crippen molar-refractivity contribution in [2.24, 2.45) is 0 Å². The zero-order chi connectivity index (χ0) is 22.5. The smallest absolute Gasteiger partial charge is 0.259 e. The molecule has 0 saturated carbocycles. The average molecular weight is 438 g/mol. The van der Waals surface area contributed by atoms with Crippen LogP contribution in [0.1, 0.15) is 40.0 Å². The molecule has 0 N–H and O–H groups in total. The lowest BCUT2D eigenvalue weighted by Crippen LogP contribution is -2.29. The summed E-state index contributed by atoms with van der Waals surface area (Å²) in [5.74, 6) is 2.45. The first-order chi connectivity index (χ1) is 15.6. The fourth-order valence-corrected chi connectivity index (χ4v) is 3.67. The van der Waals surface area contributed by atoms with Gasteiger partial charge >= 0.3 is 0 Å². The number of likely N-dealkylation sites (tertiary alicyclic amines) is 1. The molecule has 0 spiro atoms. The Hall–Kier alpha value is -3.62. The molecule has 3 aromatic rings. The molecule has 1 saturated heterocycles. The summed E-state index contributed by atoms with van der Waals surface area (Å²) in [6.07, 6.45) is 1.29. The number of hydrogen-bond acceptors (Lipinski definition) is 8. The van der Waals surface area contributed by atoms with Crippen LogP contribution >= 0.6 is 0 Å². The first-order valence-corrected chi connectivity index (χ1v) is 10.5. The summed E-state index contributed by atoms with van der Waals surface area (Å²) in [6.45, 7) is 3.57. The van der Waals surface area contributed by atoms with Crippen LogP contribution in [-0.4, -0.2) is 59.8 Å². The highest BCUT2D eigenvalue weighted by molar-refractivity contribution is 5.96. The number of ether oxygens (including phenoxy) is 3. The van der Waals surface area contributed by atoms with E-state index < -0.39 is 0 Å². The monoisotopic (exact) mass is 438 g/mol. The molecule has 0 radical (unpaired) electrons. The highest BCUT2D eigenvalue weighted by atomic mass is 16.5. The van der Waals surface area contributed by atoms with Crippen molar-refractivity contribution in [1.82, 2.24) is 20.0 Å². The van der Waals surface area contributed by atoms with Crippen LogP contribution in [0, 0.1) is 6.92 Å². The third-order valence-electron chi connectivity index (χ3n) is 5.36. The number of hydrogen-bond donors (Lipinski definition) is 0. The Balaban J connectivity index is 1.34. The zero-order valence-electron chi connectivity index (χ0n) is 18.4. The highest BCUT2D eigenvalue weighted by Gasteiger charge is 2.33. The fourth-order valence-electron chi connectivity index (χ4n) is 3.67. The van der Waals surface area contributed by atoms with Crippen molar-refractivity contribution in [3.63, 3.8) is 0 Å². The van der Waals surface area contributed by atoms with Gasteiger partial charge in [-0.2, -0.15) is 9.97 Å². The summed E-state index contributed by atoms with van der Waals surface area (Å²) in [4.78, 5) is 23.4. The molecule has 168 valence electrons. The molecule has 1 atom stereocenters. The standard InChI is InChI=1S/C23H26N4O5/c1-15-5-4-6-17(13-15)31-12-10-19-24-21(32-26-19)16-9-11-27(14-16)23(28)18-7-8-20(29-2)25-22(18)30-3/h4-8,13,16H,9-12,14H2,1-3H3. The van der Waals surface area contributed by atoms with Crippen LogP contribution in [0.25, 0.3) is 0 Å². The first kappa shape index (κ1) is 21.6. The molecule has 32 heavy (non-hydrogen) atoms. The third kappa shape index (κ3) is 4.82. The molecule has 0 aliphatic carbocycles. The van der Waals surface area contributed by atoms with E-state index in [0.29, 0.717) is 49.3 Å². The van der Waals surface area contributed by atoms with Crippen LogP contribution in [0.5, 0.6) is 17.5 Å². The predicted octanol–water partition coefficient (Wildman–Crippen LogP) is 3.04. The maximum absolute atomic E-state index is 13.0. The van der Waals surface area contributed by atoms with Crippen molar-refractivity contribution in [3.05, 3.63) is 59.2 Å². The van der Waals surface area contributed by atoms with Crippen LogP contribution in [-0.2, 0) is 6.42 Å². The molecule has 1 aliphatic rings. The van der Waals surface area contributed by atoms with Gasteiger partial charge in [0.1, 0.15) is 11.3 Å². The van der Waals surface area contributed by atoms with E-state index in [9.17, 15) is 4.79 Å². The minimum Gasteiger partial charge on any atom is -0.493 e. The average Bonchev–Trinajstić information content (AvgIpc) is 3.48. The normalized spacial score (nSPS) is 15.6. The number of aromatic nitrogens is 3. The molecular formula is C23H26N4O5. The first-order valence-electron chi connectivity index (χ1n) is 10.5. The van der Waals surface area contributed by atoms with Crippen molar-refractivity contribution < 1.29 is 23.5 Å². The van der Waals surface area contributed by atoms with Crippen molar-refractivity contribution in [2.75, 3.05) is 33.9 Å². The SMILES string of the molecule is COc1ccc(C(=O)N2CCC(c3nc(CCOc4cccc(C)c4)no3)C2)c(OC)n1. The molecule has 1 aromatic carbocycles. The quantitative estimate of drug-likeness (QED) is 0.529. The van der Waals surface area contributed by atoms with Crippen molar-refractivity contribution in [1.29, 1.82) is 0 Å². The van der Waals surface area contributed by atoms with E-state index in [4.69, 9.17) is 18.7 Å². The Kier molecular flexibility index (Phi) is 6.53. The van der Waals surface area contributed by atoms with E-state index >= 15 is 0 Å². The molecule has 1 fully saturated rings. The fraction of sp³-hybridized carbons (Fsp3) is 0.391. The molecule has 1 aliphatic heterocycles. The Morgan fingerprint density at radius 2 is 2.06 bits per heavy atom. The summed E-state index contributed by atoms with van der Waals surface area (Å²) in [7, 11) is 3.00. The molecule has 0 bridgehead atoms. The van der Waals surface area contributed by atoms with Gasteiger partial charge < -0.3 is 23.6 Å². The molecule has 4 rings (SSSR count). The van der Waals surface area contributed by atoms with Gasteiger partial charge in [0, 0.05) is 25.6 Å².